The molecule has 1 aliphatic heterocycles. The van der Waals surface area contributed by atoms with Crippen molar-refractivity contribution in [1.29, 1.82) is 0 Å². The molecule has 36 heavy (non-hydrogen) atoms. The van der Waals surface area contributed by atoms with Crippen LogP contribution in [0, 0.1) is 5.92 Å². The number of ether oxygens (including phenoxy) is 1. The molecule has 0 N–H and O–H groups in total. The number of hydrogen-bond acceptors (Lipinski definition) is 3. The van der Waals surface area contributed by atoms with Gasteiger partial charge in [0, 0.05) is 12.6 Å². The van der Waals surface area contributed by atoms with Gasteiger partial charge in [-0.3, -0.25) is 9.59 Å². The highest BCUT2D eigenvalue weighted by molar-refractivity contribution is 5.95. The molecule has 2 fully saturated rings. The predicted octanol–water partition coefficient (Wildman–Crippen LogP) is 6.83. The van der Waals surface area contributed by atoms with E-state index in [4.69, 9.17) is 4.74 Å². The van der Waals surface area contributed by atoms with Gasteiger partial charge >= 0.3 is 0 Å². The molecule has 5 nitrogen and oxygen atoms in total. The van der Waals surface area contributed by atoms with Crippen molar-refractivity contribution >= 4 is 11.8 Å². The average Bonchev–Trinajstić information content (AvgIpc) is 2.90. The molecule has 3 aliphatic rings. The maximum atomic E-state index is 14.0. The fraction of sp³-hybridized carbons (Fsp3) is 0.677. The summed E-state index contributed by atoms with van der Waals surface area (Å²) in [6, 6.07) is 7.58. The fourth-order valence-corrected chi connectivity index (χ4v) is 6.05. The monoisotopic (exact) mass is 494 g/mol. The maximum absolute atomic E-state index is 14.0. The Bertz CT molecular complexity index is 886. The Labute approximate surface area is 218 Å². The summed E-state index contributed by atoms with van der Waals surface area (Å²) < 4.78 is 5.94. The van der Waals surface area contributed by atoms with E-state index in [-0.39, 0.29) is 24.4 Å². The van der Waals surface area contributed by atoms with Gasteiger partial charge in [-0.15, -0.1) is 0 Å². The van der Waals surface area contributed by atoms with Gasteiger partial charge in [0.25, 0.3) is 5.91 Å². The molecule has 5 heteroatoms. The summed E-state index contributed by atoms with van der Waals surface area (Å²) in [6.45, 7) is 6.06. The van der Waals surface area contributed by atoms with Crippen molar-refractivity contribution in [1.82, 2.24) is 9.80 Å². The number of amides is 2. The lowest BCUT2D eigenvalue weighted by Crippen LogP contribution is -2.58. The third-order valence-electron chi connectivity index (χ3n) is 8.40. The first-order valence-electron chi connectivity index (χ1n) is 14.6. The van der Waals surface area contributed by atoms with Crippen LogP contribution < -0.4 is 4.74 Å². The van der Waals surface area contributed by atoms with Crippen molar-refractivity contribution in [3.63, 3.8) is 0 Å². The van der Waals surface area contributed by atoms with Crippen LogP contribution in [-0.4, -0.2) is 47.4 Å². The maximum Gasteiger partial charge on any atom is 0.250 e. The van der Waals surface area contributed by atoms with E-state index in [9.17, 15) is 9.59 Å². The first kappa shape index (κ1) is 26.8. The van der Waals surface area contributed by atoms with Crippen LogP contribution in [0.5, 0.6) is 5.75 Å². The topological polar surface area (TPSA) is 49.9 Å². The van der Waals surface area contributed by atoms with E-state index in [0.717, 1.165) is 69.3 Å². The van der Waals surface area contributed by atoms with Crippen molar-refractivity contribution in [2.75, 3.05) is 19.7 Å². The zero-order chi connectivity index (χ0) is 25.3. The zero-order valence-corrected chi connectivity index (χ0v) is 22.6. The summed E-state index contributed by atoms with van der Waals surface area (Å²) in [7, 11) is 0. The van der Waals surface area contributed by atoms with Gasteiger partial charge in [0.15, 0.2) is 0 Å². The molecule has 198 valence electrons. The highest BCUT2D eigenvalue weighted by Gasteiger charge is 2.43. The number of carbonyl (C=O) groups excluding carboxylic acids is 2. The smallest absolute Gasteiger partial charge is 0.250 e. The van der Waals surface area contributed by atoms with Crippen LogP contribution >= 0.6 is 0 Å². The molecule has 1 saturated carbocycles. The lowest BCUT2D eigenvalue weighted by atomic mass is 9.85. The second-order valence-electron chi connectivity index (χ2n) is 11.2. The highest BCUT2D eigenvalue weighted by Crippen LogP contribution is 2.35. The number of nitrogens with zero attached hydrogens (tertiary/aromatic N) is 2. The number of piperazine rings is 1. The molecule has 1 saturated heterocycles. The Morgan fingerprint density at radius 2 is 1.75 bits per heavy atom. The quantitative estimate of drug-likeness (QED) is 0.250. The molecule has 1 aromatic rings. The Morgan fingerprint density at radius 1 is 0.972 bits per heavy atom. The van der Waals surface area contributed by atoms with Crippen LogP contribution in [0.1, 0.15) is 109 Å². The minimum atomic E-state index is -0.534. The molecule has 1 unspecified atom stereocenters. The predicted molar refractivity (Wildman–Crippen MR) is 145 cm³/mol. The third kappa shape index (κ3) is 6.92. The molecular weight excluding hydrogens is 448 g/mol. The summed E-state index contributed by atoms with van der Waals surface area (Å²) in [5, 5.41) is 0. The number of unbranched alkanes of at least 4 members (excludes halogenated alkanes) is 3. The second kappa shape index (κ2) is 13.3. The molecule has 0 aromatic heterocycles. The molecular formula is C31H46N2O3. The molecule has 0 spiro atoms. The summed E-state index contributed by atoms with van der Waals surface area (Å²) >= 11 is 0. The number of allylic oxidation sites excluding steroid dienone is 1. The largest absolute Gasteiger partial charge is 0.494 e. The summed E-state index contributed by atoms with van der Waals surface area (Å²) in [6.07, 6.45) is 16.9. The van der Waals surface area contributed by atoms with Crippen molar-refractivity contribution < 1.29 is 14.3 Å². The lowest BCUT2D eigenvalue weighted by molar-refractivity contribution is -0.159. The molecule has 0 radical (unpaired) electrons. The van der Waals surface area contributed by atoms with E-state index < -0.39 is 6.04 Å². The first-order valence-corrected chi connectivity index (χ1v) is 14.6. The molecule has 4 rings (SSSR count). The molecule has 2 aliphatic carbocycles. The molecule has 2 amide bonds. The summed E-state index contributed by atoms with van der Waals surface area (Å²) in [4.78, 5) is 31.2. The highest BCUT2D eigenvalue weighted by atomic mass is 16.5. The lowest BCUT2D eigenvalue weighted by Gasteiger charge is -2.45. The number of carbonyl (C=O) groups is 2. The Morgan fingerprint density at radius 3 is 2.44 bits per heavy atom. The minimum Gasteiger partial charge on any atom is -0.494 e. The third-order valence-corrected chi connectivity index (χ3v) is 8.40. The van der Waals surface area contributed by atoms with E-state index in [1.807, 2.05) is 34.1 Å². The van der Waals surface area contributed by atoms with E-state index in [0.29, 0.717) is 12.5 Å². The summed E-state index contributed by atoms with van der Waals surface area (Å²) in [5.41, 5.74) is 2.34. The van der Waals surface area contributed by atoms with Crippen molar-refractivity contribution in [2.24, 2.45) is 5.92 Å². The van der Waals surface area contributed by atoms with Crippen molar-refractivity contribution in [3.05, 3.63) is 41.5 Å². The first-order chi connectivity index (χ1) is 17.6. The summed E-state index contributed by atoms with van der Waals surface area (Å²) in [5.74, 6) is 1.73. The van der Waals surface area contributed by atoms with E-state index in [1.165, 1.54) is 37.7 Å². The van der Waals surface area contributed by atoms with Gasteiger partial charge in [-0.25, -0.2) is 0 Å². The van der Waals surface area contributed by atoms with Crippen LogP contribution in [0.25, 0.3) is 0 Å². The van der Waals surface area contributed by atoms with Crippen LogP contribution in [0.4, 0.5) is 0 Å². The van der Waals surface area contributed by atoms with Gasteiger partial charge in [-0.2, -0.15) is 0 Å². The minimum absolute atomic E-state index is 0.0888. The van der Waals surface area contributed by atoms with Gasteiger partial charge < -0.3 is 14.5 Å². The van der Waals surface area contributed by atoms with E-state index >= 15 is 0 Å². The van der Waals surface area contributed by atoms with Crippen molar-refractivity contribution in [2.45, 2.75) is 109 Å². The SMILES string of the molecule is CCCCCCOc1ccc(C2C(=O)N(C3CCC(C)CC3)CC(=O)N2CCC2=CCCCC2)cc1. The van der Waals surface area contributed by atoms with Gasteiger partial charge in [0.05, 0.1) is 6.61 Å². The average molecular weight is 495 g/mol. The second-order valence-corrected chi connectivity index (χ2v) is 11.2. The zero-order valence-electron chi connectivity index (χ0n) is 22.6. The van der Waals surface area contributed by atoms with Gasteiger partial charge in [0.1, 0.15) is 18.3 Å². The van der Waals surface area contributed by atoms with Crippen LogP contribution in [0.2, 0.25) is 0 Å². The van der Waals surface area contributed by atoms with E-state index in [1.54, 1.807) is 0 Å². The standard InChI is InChI=1S/C31H46N2O3/c1-3-4-5-9-22-36-28-18-14-26(15-19-28)30-31(35)33(27-16-12-24(2)13-17-27)23-29(34)32(30)21-20-25-10-7-6-8-11-25/h10,14-15,18-19,24,27,30H,3-9,11-13,16-17,20-23H2,1-2H3. The van der Waals surface area contributed by atoms with Gasteiger partial charge in [0.2, 0.25) is 5.91 Å². The van der Waals surface area contributed by atoms with Gasteiger partial charge in [-0.1, -0.05) is 56.9 Å². The number of hydrogen-bond donors (Lipinski definition) is 0. The Balaban J connectivity index is 1.49. The van der Waals surface area contributed by atoms with Crippen LogP contribution in [0.3, 0.4) is 0 Å². The molecule has 1 aromatic carbocycles. The molecule has 1 atom stereocenters. The van der Waals surface area contributed by atoms with Crippen molar-refractivity contribution in [3.8, 4) is 5.75 Å². The Hall–Kier alpha value is -2.30. The number of benzene rings is 1. The van der Waals surface area contributed by atoms with Crippen LogP contribution in [0.15, 0.2) is 35.9 Å². The van der Waals surface area contributed by atoms with E-state index in [2.05, 4.69) is 19.9 Å². The molecule has 0 bridgehead atoms. The number of rotatable bonds is 11. The Kier molecular flexibility index (Phi) is 9.89. The molecule has 1 heterocycles. The van der Waals surface area contributed by atoms with Gasteiger partial charge in [-0.05, 0) is 87.8 Å². The normalized spacial score (nSPS) is 25.2. The van der Waals surface area contributed by atoms with Crippen LogP contribution in [-0.2, 0) is 9.59 Å². The fourth-order valence-electron chi connectivity index (χ4n) is 6.05.